The van der Waals surface area contributed by atoms with Crippen molar-refractivity contribution in [2.45, 2.75) is 19.9 Å². The second-order valence-corrected chi connectivity index (χ2v) is 4.97. The van der Waals surface area contributed by atoms with Gasteiger partial charge < -0.3 is 9.67 Å². The highest BCUT2D eigenvalue weighted by Gasteiger charge is 2.13. The van der Waals surface area contributed by atoms with Crippen LogP contribution < -0.4 is 5.56 Å². The van der Waals surface area contributed by atoms with E-state index in [1.807, 2.05) is 43.3 Å². The molecule has 0 fully saturated rings. The summed E-state index contributed by atoms with van der Waals surface area (Å²) in [5, 5.41) is 8.93. The van der Waals surface area contributed by atoms with Crippen LogP contribution in [0.2, 0.25) is 0 Å². The van der Waals surface area contributed by atoms with Gasteiger partial charge in [0.15, 0.2) is 0 Å². The van der Waals surface area contributed by atoms with Crippen LogP contribution in [-0.2, 0) is 4.79 Å². The highest BCUT2D eigenvalue weighted by atomic mass is 16.4. The van der Waals surface area contributed by atoms with E-state index < -0.39 is 12.0 Å². The Labute approximate surface area is 123 Å². The molecule has 1 N–H and O–H groups in total. The van der Waals surface area contributed by atoms with Crippen LogP contribution in [0.25, 0.3) is 12.2 Å². The van der Waals surface area contributed by atoms with Gasteiger partial charge in [-0.15, -0.1) is 0 Å². The van der Waals surface area contributed by atoms with Crippen molar-refractivity contribution in [3.05, 3.63) is 69.6 Å². The largest absolute Gasteiger partial charge is 0.480 e. The van der Waals surface area contributed by atoms with E-state index in [1.54, 1.807) is 6.07 Å². The maximum absolute atomic E-state index is 11.9. The summed E-state index contributed by atoms with van der Waals surface area (Å²) in [6, 6.07) is 10.3. The zero-order valence-corrected chi connectivity index (χ0v) is 12.0. The lowest BCUT2D eigenvalue weighted by Crippen LogP contribution is -2.26. The van der Waals surface area contributed by atoms with Crippen LogP contribution in [-0.4, -0.2) is 15.6 Å². The number of hydrogen-bond acceptors (Lipinski definition) is 2. The Bertz CT molecular complexity index is 744. The number of hydrogen-bond donors (Lipinski definition) is 1. The zero-order valence-electron chi connectivity index (χ0n) is 12.0. The van der Waals surface area contributed by atoms with Crippen LogP contribution in [0.5, 0.6) is 0 Å². The Hall–Kier alpha value is -2.62. The first-order valence-electron chi connectivity index (χ1n) is 6.67. The van der Waals surface area contributed by atoms with Crippen molar-refractivity contribution in [1.29, 1.82) is 0 Å². The van der Waals surface area contributed by atoms with Gasteiger partial charge in [-0.05, 0) is 31.0 Å². The Morgan fingerprint density at radius 3 is 2.43 bits per heavy atom. The minimum atomic E-state index is -1.03. The molecule has 1 aromatic carbocycles. The number of aromatic nitrogens is 1. The third-order valence-corrected chi connectivity index (χ3v) is 3.26. The van der Waals surface area contributed by atoms with Gasteiger partial charge >= 0.3 is 5.97 Å². The molecule has 0 saturated heterocycles. The van der Waals surface area contributed by atoms with Gasteiger partial charge in [0.25, 0.3) is 5.56 Å². The van der Waals surface area contributed by atoms with Crippen molar-refractivity contribution in [3.8, 4) is 0 Å². The number of carboxylic acids is 1. The molecule has 2 aromatic rings. The topological polar surface area (TPSA) is 59.3 Å². The molecule has 1 heterocycles. The molecule has 1 atom stereocenters. The summed E-state index contributed by atoms with van der Waals surface area (Å²) < 4.78 is 1.20. The zero-order chi connectivity index (χ0) is 15.4. The molecule has 4 heteroatoms. The van der Waals surface area contributed by atoms with Crippen LogP contribution in [0.4, 0.5) is 0 Å². The molecule has 1 aromatic heterocycles. The van der Waals surface area contributed by atoms with Gasteiger partial charge in [-0.1, -0.05) is 42.0 Å². The van der Waals surface area contributed by atoms with E-state index in [2.05, 4.69) is 0 Å². The quantitative estimate of drug-likeness (QED) is 0.938. The molecule has 0 aliphatic rings. The molecule has 0 aliphatic carbocycles. The van der Waals surface area contributed by atoms with E-state index in [0.717, 1.165) is 11.1 Å². The molecular formula is C17H17NO3. The van der Waals surface area contributed by atoms with Gasteiger partial charge in [0.05, 0.1) is 0 Å². The third-order valence-electron chi connectivity index (χ3n) is 3.26. The average molecular weight is 283 g/mol. The molecule has 0 spiro atoms. The average Bonchev–Trinajstić information content (AvgIpc) is 2.44. The second kappa shape index (κ2) is 6.22. The van der Waals surface area contributed by atoms with E-state index in [9.17, 15) is 9.59 Å². The van der Waals surface area contributed by atoms with E-state index >= 15 is 0 Å². The Balaban J connectivity index is 2.25. The summed E-state index contributed by atoms with van der Waals surface area (Å²) in [5.74, 6) is -1.03. The number of nitrogens with zero attached hydrogens (tertiary/aromatic N) is 1. The number of carboxylic acid groups (broad SMARTS) is 1. The predicted molar refractivity (Wildman–Crippen MR) is 83.2 cm³/mol. The molecule has 0 amide bonds. The summed E-state index contributed by atoms with van der Waals surface area (Å²) in [6.45, 7) is 3.50. The lowest BCUT2D eigenvalue weighted by molar-refractivity contribution is -0.140. The predicted octanol–water partition coefficient (Wildman–Crippen LogP) is 2.97. The highest BCUT2D eigenvalue weighted by Crippen LogP contribution is 2.10. The number of aliphatic carboxylic acids is 1. The van der Waals surface area contributed by atoms with Gasteiger partial charge in [0, 0.05) is 12.3 Å². The SMILES string of the molecule is Cc1cccc(/C=C/c2ccn(C(C)C(=O)O)c(=O)c2)c1. The van der Waals surface area contributed by atoms with Gasteiger partial charge in [-0.25, -0.2) is 4.79 Å². The van der Waals surface area contributed by atoms with Gasteiger partial charge in [-0.2, -0.15) is 0 Å². The molecular weight excluding hydrogens is 266 g/mol. The summed E-state index contributed by atoms with van der Waals surface area (Å²) in [7, 11) is 0. The molecule has 2 rings (SSSR count). The van der Waals surface area contributed by atoms with Gasteiger partial charge in [0.2, 0.25) is 0 Å². The molecule has 0 saturated carbocycles. The summed E-state index contributed by atoms with van der Waals surface area (Å²) in [6.07, 6.45) is 5.27. The fraction of sp³-hybridized carbons (Fsp3) is 0.176. The number of aryl methyl sites for hydroxylation is 1. The van der Waals surface area contributed by atoms with Crippen LogP contribution in [0.3, 0.4) is 0 Å². The summed E-state index contributed by atoms with van der Waals surface area (Å²) in [4.78, 5) is 22.8. The van der Waals surface area contributed by atoms with E-state index in [1.165, 1.54) is 29.3 Å². The van der Waals surface area contributed by atoms with Crippen LogP contribution >= 0.6 is 0 Å². The Morgan fingerprint density at radius 1 is 1.19 bits per heavy atom. The van der Waals surface area contributed by atoms with Gasteiger partial charge in [-0.3, -0.25) is 4.79 Å². The van der Waals surface area contributed by atoms with Crippen molar-refractivity contribution in [3.63, 3.8) is 0 Å². The maximum Gasteiger partial charge on any atom is 0.326 e. The van der Waals surface area contributed by atoms with Crippen molar-refractivity contribution in [1.82, 2.24) is 4.57 Å². The van der Waals surface area contributed by atoms with E-state index in [4.69, 9.17) is 5.11 Å². The standard InChI is InChI=1S/C17H17NO3/c1-12-4-3-5-14(10-12)6-7-15-8-9-18(16(19)11-15)13(2)17(20)21/h3-11,13H,1-2H3,(H,20,21)/b7-6+. The molecule has 1 unspecified atom stereocenters. The minimum Gasteiger partial charge on any atom is -0.480 e. The van der Waals surface area contributed by atoms with Crippen molar-refractivity contribution < 1.29 is 9.90 Å². The molecule has 0 aliphatic heterocycles. The first-order chi connectivity index (χ1) is 9.97. The van der Waals surface area contributed by atoms with E-state index in [-0.39, 0.29) is 5.56 Å². The van der Waals surface area contributed by atoms with E-state index in [0.29, 0.717) is 0 Å². The highest BCUT2D eigenvalue weighted by molar-refractivity contribution is 5.72. The van der Waals surface area contributed by atoms with Crippen molar-refractivity contribution >= 4 is 18.1 Å². The fourth-order valence-corrected chi connectivity index (χ4v) is 2.01. The normalized spacial score (nSPS) is 12.5. The summed E-state index contributed by atoms with van der Waals surface area (Å²) in [5.41, 5.74) is 2.65. The first kappa shape index (κ1) is 14.8. The maximum atomic E-state index is 11.9. The van der Waals surface area contributed by atoms with Crippen molar-refractivity contribution in [2.24, 2.45) is 0 Å². The third kappa shape index (κ3) is 3.69. The molecule has 108 valence electrons. The van der Waals surface area contributed by atoms with Crippen LogP contribution in [0.15, 0.2) is 47.4 Å². The first-order valence-corrected chi connectivity index (χ1v) is 6.67. The number of benzene rings is 1. The Morgan fingerprint density at radius 2 is 1.86 bits per heavy atom. The molecule has 0 radical (unpaired) electrons. The van der Waals surface area contributed by atoms with Crippen molar-refractivity contribution in [2.75, 3.05) is 0 Å². The van der Waals surface area contributed by atoms with Gasteiger partial charge in [0.1, 0.15) is 6.04 Å². The summed E-state index contributed by atoms with van der Waals surface area (Å²) >= 11 is 0. The molecule has 21 heavy (non-hydrogen) atoms. The number of rotatable bonds is 4. The lowest BCUT2D eigenvalue weighted by atomic mass is 10.1. The smallest absolute Gasteiger partial charge is 0.326 e. The lowest BCUT2D eigenvalue weighted by Gasteiger charge is -2.10. The van der Waals surface area contributed by atoms with Crippen LogP contribution in [0, 0.1) is 6.92 Å². The Kier molecular flexibility index (Phi) is 4.38. The monoisotopic (exact) mass is 283 g/mol. The van der Waals surface area contributed by atoms with Crippen LogP contribution in [0.1, 0.15) is 29.7 Å². The fourth-order valence-electron chi connectivity index (χ4n) is 2.01. The molecule has 0 bridgehead atoms. The second-order valence-electron chi connectivity index (χ2n) is 4.97. The number of carbonyl (C=O) groups is 1. The molecule has 4 nitrogen and oxygen atoms in total. The minimum absolute atomic E-state index is 0.323. The number of pyridine rings is 1.